The molecule has 0 aliphatic heterocycles. The van der Waals surface area contributed by atoms with E-state index in [-0.39, 0.29) is 16.6 Å². The highest BCUT2D eigenvalue weighted by Crippen LogP contribution is 2.26. The first kappa shape index (κ1) is 22.3. The minimum atomic E-state index is -4.17. The van der Waals surface area contributed by atoms with E-state index in [1.807, 2.05) is 0 Å². The summed E-state index contributed by atoms with van der Waals surface area (Å²) in [6, 6.07) is 19.8. The van der Waals surface area contributed by atoms with E-state index < -0.39 is 28.3 Å². The molecule has 0 aromatic heterocycles. The Balaban J connectivity index is 1.86. The van der Waals surface area contributed by atoms with E-state index in [0.717, 1.165) is 15.9 Å². The second-order valence-corrected chi connectivity index (χ2v) is 8.70. The number of amides is 1. The predicted octanol–water partition coefficient (Wildman–Crippen LogP) is 3.91. The number of halogens is 1. The summed E-state index contributed by atoms with van der Waals surface area (Å²) in [4.78, 5) is 12.7. The van der Waals surface area contributed by atoms with Crippen LogP contribution in [-0.2, 0) is 14.8 Å². The number of carbonyl (C=O) groups excluding carboxylic acids is 1. The molecule has 162 valence electrons. The van der Waals surface area contributed by atoms with Gasteiger partial charge in [0, 0.05) is 0 Å². The number of carbonyl (C=O) groups is 1. The van der Waals surface area contributed by atoms with E-state index >= 15 is 0 Å². The molecule has 0 unspecified atom stereocenters. The van der Waals surface area contributed by atoms with Gasteiger partial charge in [0.05, 0.1) is 23.7 Å². The molecule has 0 saturated carbocycles. The highest BCUT2D eigenvalue weighted by molar-refractivity contribution is 7.92. The maximum atomic E-state index is 14.5. The molecule has 8 heteroatoms. The van der Waals surface area contributed by atoms with E-state index in [2.05, 4.69) is 5.32 Å². The smallest absolute Gasteiger partial charge is 0.264 e. The Morgan fingerprint density at radius 1 is 1.00 bits per heavy atom. The lowest BCUT2D eigenvalue weighted by Crippen LogP contribution is -2.42. The summed E-state index contributed by atoms with van der Waals surface area (Å²) in [5, 5.41) is 2.77. The number of hydrogen-bond donors (Lipinski definition) is 1. The lowest BCUT2D eigenvalue weighted by atomic mass is 10.1. The van der Waals surface area contributed by atoms with Crippen molar-refractivity contribution in [3.8, 4) is 5.75 Å². The van der Waals surface area contributed by atoms with Crippen molar-refractivity contribution < 1.29 is 22.3 Å². The Labute approximate surface area is 181 Å². The van der Waals surface area contributed by atoms with Crippen LogP contribution in [0.5, 0.6) is 5.75 Å². The number of methoxy groups -OCH3 is 1. The van der Waals surface area contributed by atoms with E-state index in [0.29, 0.717) is 5.75 Å². The van der Waals surface area contributed by atoms with Gasteiger partial charge < -0.3 is 10.1 Å². The lowest BCUT2D eigenvalue weighted by molar-refractivity contribution is -0.120. The molecule has 0 bridgehead atoms. The topological polar surface area (TPSA) is 75.7 Å². The van der Waals surface area contributed by atoms with Crippen LogP contribution in [0.4, 0.5) is 10.1 Å². The third kappa shape index (κ3) is 5.21. The number of benzene rings is 3. The fraction of sp³-hybridized carbons (Fsp3) is 0.174. The molecule has 3 aromatic rings. The maximum Gasteiger partial charge on any atom is 0.264 e. The number of nitrogens with zero attached hydrogens (tertiary/aromatic N) is 1. The second-order valence-electron chi connectivity index (χ2n) is 6.84. The van der Waals surface area contributed by atoms with E-state index in [1.165, 1.54) is 30.3 Å². The molecule has 0 radical (unpaired) electrons. The van der Waals surface area contributed by atoms with Crippen molar-refractivity contribution >= 4 is 21.6 Å². The Morgan fingerprint density at radius 2 is 1.61 bits per heavy atom. The molecule has 6 nitrogen and oxygen atoms in total. The number of hydrogen-bond acceptors (Lipinski definition) is 4. The number of ether oxygens (including phenoxy) is 1. The van der Waals surface area contributed by atoms with Crippen LogP contribution in [-0.4, -0.2) is 28.0 Å². The Hall–Kier alpha value is -3.39. The number of para-hydroxylation sites is 1. The fourth-order valence-corrected chi connectivity index (χ4v) is 4.52. The van der Waals surface area contributed by atoms with Gasteiger partial charge in [-0.2, -0.15) is 0 Å². The molecule has 0 heterocycles. The van der Waals surface area contributed by atoms with Crippen molar-refractivity contribution in [3.63, 3.8) is 0 Å². The highest BCUT2D eigenvalue weighted by atomic mass is 32.2. The minimum Gasteiger partial charge on any atom is -0.497 e. The van der Waals surface area contributed by atoms with Crippen molar-refractivity contribution in [2.75, 3.05) is 18.0 Å². The first-order valence-electron chi connectivity index (χ1n) is 9.58. The van der Waals surface area contributed by atoms with Crippen LogP contribution in [0.25, 0.3) is 0 Å². The molecule has 0 fully saturated rings. The van der Waals surface area contributed by atoms with Gasteiger partial charge in [-0.15, -0.1) is 0 Å². The molecule has 3 aromatic carbocycles. The van der Waals surface area contributed by atoms with Crippen molar-refractivity contribution in [2.24, 2.45) is 0 Å². The van der Waals surface area contributed by atoms with Gasteiger partial charge in [0.2, 0.25) is 5.91 Å². The number of anilines is 1. The Bertz CT molecular complexity index is 1140. The average molecular weight is 443 g/mol. The van der Waals surface area contributed by atoms with Crippen molar-refractivity contribution in [3.05, 3.63) is 90.2 Å². The first-order chi connectivity index (χ1) is 14.8. The molecule has 1 atom stereocenters. The van der Waals surface area contributed by atoms with Gasteiger partial charge in [0.15, 0.2) is 0 Å². The van der Waals surface area contributed by atoms with Gasteiger partial charge in [0.1, 0.15) is 18.1 Å². The minimum absolute atomic E-state index is 0.0331. The largest absolute Gasteiger partial charge is 0.497 e. The van der Waals surface area contributed by atoms with Gasteiger partial charge in [-0.25, -0.2) is 12.8 Å². The molecule has 3 rings (SSSR count). The standard InChI is InChI=1S/C23H23FN2O4S/c1-17(18-12-14-19(30-2)15-13-18)25-23(27)16-26(22-11-7-6-10-21(22)24)31(28,29)20-8-4-3-5-9-20/h3-15,17H,16H2,1-2H3,(H,25,27)/t17-/m0/s1. The third-order valence-electron chi connectivity index (χ3n) is 4.73. The fourth-order valence-electron chi connectivity index (χ4n) is 3.07. The van der Waals surface area contributed by atoms with Crippen LogP contribution in [0.15, 0.2) is 83.8 Å². The summed E-state index contributed by atoms with van der Waals surface area (Å²) in [6.45, 7) is 1.21. The summed E-state index contributed by atoms with van der Waals surface area (Å²) >= 11 is 0. The zero-order valence-corrected chi connectivity index (χ0v) is 18.0. The maximum absolute atomic E-state index is 14.5. The van der Waals surface area contributed by atoms with Crippen molar-refractivity contribution in [2.45, 2.75) is 17.9 Å². The van der Waals surface area contributed by atoms with Crippen LogP contribution in [0.3, 0.4) is 0 Å². The van der Waals surface area contributed by atoms with Crippen LogP contribution >= 0.6 is 0 Å². The highest BCUT2D eigenvalue weighted by Gasteiger charge is 2.29. The van der Waals surface area contributed by atoms with Gasteiger partial charge in [-0.3, -0.25) is 9.10 Å². The van der Waals surface area contributed by atoms with Crippen LogP contribution in [0, 0.1) is 5.82 Å². The summed E-state index contributed by atoms with van der Waals surface area (Å²) in [5.74, 6) is -0.619. The quantitative estimate of drug-likeness (QED) is 0.574. The Morgan fingerprint density at radius 3 is 2.23 bits per heavy atom. The monoisotopic (exact) mass is 442 g/mol. The molecule has 0 saturated heterocycles. The number of rotatable bonds is 8. The molecule has 0 aliphatic carbocycles. The van der Waals surface area contributed by atoms with E-state index in [4.69, 9.17) is 4.74 Å². The molecular weight excluding hydrogens is 419 g/mol. The van der Waals surface area contributed by atoms with Gasteiger partial charge >= 0.3 is 0 Å². The zero-order valence-electron chi connectivity index (χ0n) is 17.2. The van der Waals surface area contributed by atoms with Crippen molar-refractivity contribution in [1.82, 2.24) is 5.32 Å². The zero-order chi connectivity index (χ0) is 22.4. The van der Waals surface area contributed by atoms with Crippen LogP contribution in [0.1, 0.15) is 18.5 Å². The summed E-state index contributed by atoms with van der Waals surface area (Å²) in [7, 11) is -2.60. The molecule has 1 N–H and O–H groups in total. The van der Waals surface area contributed by atoms with Crippen LogP contribution in [0.2, 0.25) is 0 Å². The molecule has 0 aliphatic rings. The molecule has 31 heavy (non-hydrogen) atoms. The lowest BCUT2D eigenvalue weighted by Gasteiger charge is -2.25. The first-order valence-corrected chi connectivity index (χ1v) is 11.0. The number of nitrogens with one attached hydrogen (secondary N) is 1. The van der Waals surface area contributed by atoms with Crippen LogP contribution < -0.4 is 14.4 Å². The third-order valence-corrected chi connectivity index (χ3v) is 6.51. The van der Waals surface area contributed by atoms with Gasteiger partial charge in [-0.05, 0) is 48.9 Å². The molecule has 1 amide bonds. The molecular formula is C23H23FN2O4S. The predicted molar refractivity (Wildman–Crippen MR) is 117 cm³/mol. The van der Waals surface area contributed by atoms with Crippen molar-refractivity contribution in [1.29, 1.82) is 0 Å². The van der Waals surface area contributed by atoms with E-state index in [1.54, 1.807) is 56.5 Å². The Kier molecular flexibility index (Phi) is 6.91. The SMILES string of the molecule is COc1ccc([C@H](C)NC(=O)CN(c2ccccc2F)S(=O)(=O)c2ccccc2)cc1. The van der Waals surface area contributed by atoms with Gasteiger partial charge in [0.25, 0.3) is 10.0 Å². The summed E-state index contributed by atoms with van der Waals surface area (Å²) < 4.78 is 46.8. The molecule has 0 spiro atoms. The average Bonchev–Trinajstić information content (AvgIpc) is 2.78. The van der Waals surface area contributed by atoms with E-state index in [9.17, 15) is 17.6 Å². The summed E-state index contributed by atoms with van der Waals surface area (Å²) in [6.07, 6.45) is 0. The summed E-state index contributed by atoms with van der Waals surface area (Å²) in [5.41, 5.74) is 0.621. The second kappa shape index (κ2) is 9.61. The normalized spacial score (nSPS) is 12.1. The van der Waals surface area contributed by atoms with Gasteiger partial charge in [-0.1, -0.05) is 42.5 Å². The number of sulfonamides is 1.